The van der Waals surface area contributed by atoms with Crippen LogP contribution in [0.15, 0.2) is 73.1 Å². The molecule has 1 N–H and O–H groups in total. The number of aliphatic hydroxyl groups is 1. The molecule has 31 heavy (non-hydrogen) atoms. The van der Waals surface area contributed by atoms with Gasteiger partial charge in [-0.2, -0.15) is 0 Å². The Morgan fingerprint density at radius 1 is 0.806 bits per heavy atom. The first-order valence-electron chi connectivity index (χ1n) is 9.63. The molecular weight excluding hydrogens is 567 g/mol. The summed E-state index contributed by atoms with van der Waals surface area (Å²) < 4.78 is 5.15. The maximum Gasteiger partial charge on any atom is 2.00 e. The van der Waals surface area contributed by atoms with Gasteiger partial charge in [0.1, 0.15) is 5.75 Å². The molecule has 2 heterocycles. The Morgan fingerprint density at radius 3 is 1.87 bits per heavy atom. The molecule has 0 amide bonds. The predicted molar refractivity (Wildman–Crippen MR) is 119 cm³/mol. The molecule has 4 aromatic rings. The monoisotopic (exact) mass is 591 g/mol. The zero-order valence-corrected chi connectivity index (χ0v) is 20.0. The second kappa shape index (κ2) is 12.1. The molecule has 5 heteroatoms. The second-order valence-corrected chi connectivity index (χ2v) is 6.78. The maximum absolute atomic E-state index is 9.03. The van der Waals surface area contributed by atoms with E-state index in [0.29, 0.717) is 0 Å². The first kappa shape index (κ1) is 24.5. The first-order chi connectivity index (χ1) is 14.6. The summed E-state index contributed by atoms with van der Waals surface area (Å²) in [5.74, 6) is 0.815. The van der Waals surface area contributed by atoms with E-state index in [4.69, 9.17) is 9.84 Å². The fourth-order valence-electron chi connectivity index (χ4n) is 2.87. The van der Waals surface area contributed by atoms with Crippen LogP contribution < -0.4 is 4.74 Å². The van der Waals surface area contributed by atoms with Crippen LogP contribution in [0.3, 0.4) is 0 Å². The number of aliphatic hydroxyl groups excluding tert-OH is 1. The molecular formula is C26H24N2O2Pt. The zero-order valence-electron chi connectivity index (χ0n) is 17.7. The van der Waals surface area contributed by atoms with Crippen molar-refractivity contribution in [2.45, 2.75) is 20.5 Å². The van der Waals surface area contributed by atoms with Crippen molar-refractivity contribution in [2.75, 3.05) is 7.11 Å². The maximum atomic E-state index is 9.03. The number of hydrogen-bond acceptors (Lipinski definition) is 4. The number of benzene rings is 2. The summed E-state index contributed by atoms with van der Waals surface area (Å²) in [6.07, 6.45) is 3.45. The average molecular weight is 592 g/mol. The topological polar surface area (TPSA) is 55.2 Å². The van der Waals surface area contributed by atoms with Crippen molar-refractivity contribution in [2.24, 2.45) is 0 Å². The van der Waals surface area contributed by atoms with Gasteiger partial charge in [0.05, 0.1) is 13.7 Å². The molecule has 4 nitrogen and oxygen atoms in total. The van der Waals surface area contributed by atoms with Crippen LogP contribution in [0.25, 0.3) is 22.5 Å². The molecule has 0 saturated carbocycles. The van der Waals surface area contributed by atoms with Crippen LogP contribution in [0.4, 0.5) is 0 Å². The minimum absolute atomic E-state index is 0. The number of aryl methyl sites for hydroxylation is 2. The molecule has 0 unspecified atom stereocenters. The van der Waals surface area contributed by atoms with Crippen LogP contribution in [0, 0.1) is 26.0 Å². The molecule has 2 aromatic carbocycles. The molecule has 0 aliphatic heterocycles. The average Bonchev–Trinajstić information content (AvgIpc) is 2.79. The molecule has 0 saturated heterocycles. The van der Waals surface area contributed by atoms with E-state index in [2.05, 4.69) is 22.1 Å². The van der Waals surface area contributed by atoms with E-state index in [1.807, 2.05) is 68.4 Å². The van der Waals surface area contributed by atoms with E-state index in [9.17, 15) is 0 Å². The van der Waals surface area contributed by atoms with Gasteiger partial charge in [0.25, 0.3) is 0 Å². The quantitative estimate of drug-likeness (QED) is 0.331. The van der Waals surface area contributed by atoms with Gasteiger partial charge in [-0.3, -0.25) is 0 Å². The Bertz CT molecular complexity index is 1030. The van der Waals surface area contributed by atoms with Crippen LogP contribution in [-0.4, -0.2) is 22.2 Å². The third-order valence-electron chi connectivity index (χ3n) is 4.41. The molecule has 0 radical (unpaired) electrons. The van der Waals surface area contributed by atoms with Crippen molar-refractivity contribution in [3.63, 3.8) is 0 Å². The molecule has 0 aliphatic carbocycles. The first-order valence-corrected chi connectivity index (χ1v) is 9.63. The number of pyridine rings is 2. The van der Waals surface area contributed by atoms with E-state index >= 15 is 0 Å². The molecule has 0 aliphatic rings. The Hall–Kier alpha value is -2.81. The summed E-state index contributed by atoms with van der Waals surface area (Å²) >= 11 is 0. The van der Waals surface area contributed by atoms with Gasteiger partial charge in [-0.05, 0) is 35.2 Å². The molecule has 0 bridgehead atoms. The number of ether oxygens (including phenoxy) is 1. The Kier molecular flexibility index (Phi) is 9.58. The van der Waals surface area contributed by atoms with Crippen LogP contribution in [0.1, 0.15) is 16.7 Å². The Balaban J connectivity index is 0.000000213. The molecule has 4 rings (SSSR count). The number of methoxy groups -OCH3 is 1. The van der Waals surface area contributed by atoms with Crippen molar-refractivity contribution in [1.29, 1.82) is 0 Å². The third kappa shape index (κ3) is 7.13. The summed E-state index contributed by atoms with van der Waals surface area (Å²) in [6, 6.07) is 25.9. The van der Waals surface area contributed by atoms with E-state index in [1.165, 1.54) is 0 Å². The number of hydrogen-bond donors (Lipinski definition) is 1. The summed E-state index contributed by atoms with van der Waals surface area (Å²) in [7, 11) is 1.65. The standard InChI is InChI=1S/2C13H12NO.Pt/c1-10-4-3-5-11(8-10)13-9-12(15-2)6-7-14-13;1-10-3-2-4-12(7-10)13-8-11(9-15)5-6-14-13;/h3-7,9H,1-2H3;2-6,8,15H,9H2,1H3;/q2*-1;+2. The summed E-state index contributed by atoms with van der Waals surface area (Å²) in [4.78, 5) is 8.54. The minimum atomic E-state index is 0. The van der Waals surface area contributed by atoms with Crippen LogP contribution in [0.2, 0.25) is 0 Å². The normalized spacial score (nSPS) is 9.81. The van der Waals surface area contributed by atoms with Crippen LogP contribution in [0.5, 0.6) is 5.75 Å². The summed E-state index contributed by atoms with van der Waals surface area (Å²) in [5.41, 5.74) is 6.76. The molecule has 160 valence electrons. The third-order valence-corrected chi connectivity index (χ3v) is 4.41. The summed E-state index contributed by atoms with van der Waals surface area (Å²) in [6.45, 7) is 4.06. The van der Waals surface area contributed by atoms with Gasteiger partial charge < -0.3 is 19.8 Å². The number of aromatic nitrogens is 2. The Morgan fingerprint density at radius 2 is 1.35 bits per heavy atom. The van der Waals surface area contributed by atoms with Gasteiger partial charge in [0.15, 0.2) is 0 Å². The predicted octanol–water partition coefficient (Wildman–Crippen LogP) is 5.21. The van der Waals surface area contributed by atoms with E-state index in [1.54, 1.807) is 25.6 Å². The van der Waals surface area contributed by atoms with Gasteiger partial charge in [-0.1, -0.05) is 19.9 Å². The van der Waals surface area contributed by atoms with Crippen molar-refractivity contribution < 1.29 is 30.9 Å². The van der Waals surface area contributed by atoms with Crippen LogP contribution >= 0.6 is 0 Å². The van der Waals surface area contributed by atoms with Crippen molar-refractivity contribution >= 4 is 0 Å². The van der Waals surface area contributed by atoms with E-state index in [-0.39, 0.29) is 27.7 Å². The van der Waals surface area contributed by atoms with E-state index in [0.717, 1.165) is 45.0 Å². The van der Waals surface area contributed by atoms with Crippen LogP contribution in [-0.2, 0) is 27.7 Å². The van der Waals surface area contributed by atoms with Crippen molar-refractivity contribution in [1.82, 2.24) is 9.97 Å². The minimum Gasteiger partial charge on any atom is -0.497 e. The number of rotatable bonds is 4. The van der Waals surface area contributed by atoms with Gasteiger partial charge >= 0.3 is 21.1 Å². The molecule has 0 spiro atoms. The fourth-order valence-corrected chi connectivity index (χ4v) is 2.87. The van der Waals surface area contributed by atoms with Crippen molar-refractivity contribution in [3.05, 3.63) is 102 Å². The summed E-state index contributed by atoms with van der Waals surface area (Å²) in [5, 5.41) is 9.03. The second-order valence-electron chi connectivity index (χ2n) is 6.78. The van der Waals surface area contributed by atoms with Crippen molar-refractivity contribution in [3.8, 4) is 28.3 Å². The van der Waals surface area contributed by atoms with Gasteiger partial charge in [-0.15, -0.1) is 70.8 Å². The fraction of sp³-hybridized carbons (Fsp3) is 0.154. The smallest absolute Gasteiger partial charge is 0.497 e. The Labute approximate surface area is 198 Å². The van der Waals surface area contributed by atoms with Gasteiger partial charge in [0.2, 0.25) is 0 Å². The van der Waals surface area contributed by atoms with Gasteiger partial charge in [0, 0.05) is 12.4 Å². The number of nitrogens with zero attached hydrogens (tertiary/aromatic N) is 2. The molecule has 0 fully saturated rings. The largest absolute Gasteiger partial charge is 2.00 e. The zero-order chi connectivity index (χ0) is 21.3. The molecule has 2 aromatic heterocycles. The SMILES string of the molecule is COc1ccnc(-c2[c-]c(C)ccc2)c1.Cc1[c-]c(-c2cc(CO)ccn2)ccc1.[Pt+2]. The molecule has 0 atom stereocenters. The van der Waals surface area contributed by atoms with Gasteiger partial charge in [-0.25, -0.2) is 0 Å². The van der Waals surface area contributed by atoms with E-state index < -0.39 is 0 Å².